The number of hydrogen-bond donors (Lipinski definition) is 1. The zero-order valence-corrected chi connectivity index (χ0v) is 11.9. The van der Waals surface area contributed by atoms with Crippen molar-refractivity contribution in [2.45, 2.75) is 31.4 Å². The molecule has 2 heterocycles. The molecule has 21 heavy (non-hydrogen) atoms. The molecule has 2 aliphatic heterocycles. The van der Waals surface area contributed by atoms with Crippen molar-refractivity contribution in [3.05, 3.63) is 35.6 Å². The van der Waals surface area contributed by atoms with E-state index in [0.29, 0.717) is 19.8 Å². The first-order chi connectivity index (χ1) is 10.2. The van der Waals surface area contributed by atoms with Gasteiger partial charge in [0.1, 0.15) is 5.82 Å². The molecule has 2 saturated heterocycles. The van der Waals surface area contributed by atoms with Gasteiger partial charge in [0.15, 0.2) is 0 Å². The normalized spacial score (nSPS) is 26.7. The van der Waals surface area contributed by atoms with Gasteiger partial charge < -0.3 is 14.8 Å². The standard InChI is InChI=1S/C16H20FNO3/c17-13-5-3-11(4-6-13)15(14-2-1-8-21-14)18-16(19)12-7-9-20-10-12/h3-6,12,14-15H,1-2,7-10H2,(H,18,19)/t12-,14+,15-/m1/s1. The maximum Gasteiger partial charge on any atom is 0.226 e. The third kappa shape index (κ3) is 3.41. The van der Waals surface area contributed by atoms with Crippen molar-refractivity contribution in [2.24, 2.45) is 5.92 Å². The summed E-state index contributed by atoms with van der Waals surface area (Å²) < 4.78 is 24.1. The Bertz CT molecular complexity index is 479. The van der Waals surface area contributed by atoms with Gasteiger partial charge in [0.2, 0.25) is 5.91 Å². The maximum absolute atomic E-state index is 13.1. The minimum absolute atomic E-state index is 0.00248. The Morgan fingerprint density at radius 3 is 2.67 bits per heavy atom. The van der Waals surface area contributed by atoms with E-state index in [1.54, 1.807) is 12.1 Å². The van der Waals surface area contributed by atoms with Gasteiger partial charge in [0, 0.05) is 13.2 Å². The molecule has 0 radical (unpaired) electrons. The van der Waals surface area contributed by atoms with E-state index in [0.717, 1.165) is 24.8 Å². The average Bonchev–Trinajstić information content (AvgIpc) is 3.19. The van der Waals surface area contributed by atoms with Crippen molar-refractivity contribution in [2.75, 3.05) is 19.8 Å². The van der Waals surface area contributed by atoms with Crippen LogP contribution < -0.4 is 5.32 Å². The molecule has 1 aromatic rings. The molecule has 0 unspecified atom stereocenters. The highest BCUT2D eigenvalue weighted by atomic mass is 19.1. The summed E-state index contributed by atoms with van der Waals surface area (Å²) in [6, 6.07) is 6.05. The van der Waals surface area contributed by atoms with Crippen molar-refractivity contribution >= 4 is 5.91 Å². The molecule has 0 bridgehead atoms. The van der Waals surface area contributed by atoms with Crippen molar-refractivity contribution in [3.63, 3.8) is 0 Å². The number of carbonyl (C=O) groups is 1. The summed E-state index contributed by atoms with van der Waals surface area (Å²) in [4.78, 5) is 12.3. The molecule has 0 saturated carbocycles. The van der Waals surface area contributed by atoms with Crippen LogP contribution in [0.15, 0.2) is 24.3 Å². The van der Waals surface area contributed by atoms with Crippen LogP contribution in [0.25, 0.3) is 0 Å². The number of nitrogens with one attached hydrogen (secondary N) is 1. The lowest BCUT2D eigenvalue weighted by Gasteiger charge is -2.26. The summed E-state index contributed by atoms with van der Waals surface area (Å²) >= 11 is 0. The van der Waals surface area contributed by atoms with Gasteiger partial charge in [0.05, 0.1) is 24.7 Å². The first kappa shape index (κ1) is 14.5. The van der Waals surface area contributed by atoms with Crippen molar-refractivity contribution in [1.82, 2.24) is 5.32 Å². The summed E-state index contributed by atoms with van der Waals surface area (Å²) in [6.07, 6.45) is 2.61. The molecule has 1 N–H and O–H groups in total. The fourth-order valence-electron chi connectivity index (χ4n) is 2.94. The van der Waals surface area contributed by atoms with E-state index in [4.69, 9.17) is 9.47 Å². The number of rotatable bonds is 4. The predicted octanol–water partition coefficient (Wildman–Crippen LogP) is 2.20. The van der Waals surface area contributed by atoms with Gasteiger partial charge in [-0.25, -0.2) is 4.39 Å². The van der Waals surface area contributed by atoms with Crippen LogP contribution in [0.3, 0.4) is 0 Å². The molecule has 2 aliphatic rings. The molecule has 4 nitrogen and oxygen atoms in total. The van der Waals surface area contributed by atoms with Crippen molar-refractivity contribution in [3.8, 4) is 0 Å². The van der Waals surface area contributed by atoms with Crippen LogP contribution in [0, 0.1) is 11.7 Å². The second kappa shape index (κ2) is 6.54. The average molecular weight is 293 g/mol. The summed E-state index contributed by atoms with van der Waals surface area (Å²) in [5.41, 5.74) is 0.885. The zero-order chi connectivity index (χ0) is 14.7. The minimum Gasteiger partial charge on any atom is -0.381 e. The molecule has 0 aliphatic carbocycles. The molecular weight excluding hydrogens is 273 g/mol. The second-order valence-electron chi connectivity index (χ2n) is 5.65. The third-order valence-corrected chi connectivity index (χ3v) is 4.16. The third-order valence-electron chi connectivity index (χ3n) is 4.16. The summed E-state index contributed by atoms with van der Waals surface area (Å²) in [5.74, 6) is -0.368. The molecule has 1 amide bonds. The van der Waals surface area contributed by atoms with Crippen LogP contribution in [0.5, 0.6) is 0 Å². The fourth-order valence-corrected chi connectivity index (χ4v) is 2.94. The molecule has 3 rings (SSSR count). The first-order valence-electron chi connectivity index (χ1n) is 7.49. The smallest absolute Gasteiger partial charge is 0.226 e. The molecule has 114 valence electrons. The van der Waals surface area contributed by atoms with Crippen molar-refractivity contribution < 1.29 is 18.7 Å². The fraction of sp³-hybridized carbons (Fsp3) is 0.562. The highest BCUT2D eigenvalue weighted by Gasteiger charge is 2.32. The van der Waals surface area contributed by atoms with E-state index in [9.17, 15) is 9.18 Å². The Hall–Kier alpha value is -1.46. The Kier molecular flexibility index (Phi) is 4.51. The Morgan fingerprint density at radius 2 is 2.05 bits per heavy atom. The van der Waals surface area contributed by atoms with E-state index >= 15 is 0 Å². The van der Waals surface area contributed by atoms with Gasteiger partial charge in [-0.15, -0.1) is 0 Å². The molecular formula is C16H20FNO3. The SMILES string of the molecule is O=C(N[C@H](c1ccc(F)cc1)[C@@H]1CCCO1)[C@@H]1CCOC1. The van der Waals surface area contributed by atoms with Crippen LogP contribution in [0.1, 0.15) is 30.9 Å². The van der Waals surface area contributed by atoms with E-state index in [1.807, 2.05) is 0 Å². The first-order valence-corrected chi connectivity index (χ1v) is 7.49. The Labute approximate surface area is 123 Å². The van der Waals surface area contributed by atoms with Gasteiger partial charge in [-0.2, -0.15) is 0 Å². The highest BCUT2D eigenvalue weighted by molar-refractivity contribution is 5.79. The summed E-state index contributed by atoms with van der Waals surface area (Å²) in [7, 11) is 0. The number of amides is 1. The number of hydrogen-bond acceptors (Lipinski definition) is 3. The molecule has 0 spiro atoms. The van der Waals surface area contributed by atoms with Gasteiger partial charge >= 0.3 is 0 Å². The molecule has 2 fully saturated rings. The van der Waals surface area contributed by atoms with Crippen LogP contribution in [0.2, 0.25) is 0 Å². The number of ether oxygens (including phenoxy) is 2. The van der Waals surface area contributed by atoms with E-state index in [1.165, 1.54) is 12.1 Å². The minimum atomic E-state index is -0.277. The monoisotopic (exact) mass is 293 g/mol. The van der Waals surface area contributed by atoms with E-state index < -0.39 is 0 Å². The second-order valence-corrected chi connectivity index (χ2v) is 5.65. The molecule has 3 atom stereocenters. The topological polar surface area (TPSA) is 47.6 Å². The lowest BCUT2D eigenvalue weighted by molar-refractivity contribution is -0.126. The van der Waals surface area contributed by atoms with Crippen LogP contribution in [-0.4, -0.2) is 31.8 Å². The molecule has 5 heteroatoms. The van der Waals surface area contributed by atoms with Crippen LogP contribution in [-0.2, 0) is 14.3 Å². The lowest BCUT2D eigenvalue weighted by atomic mass is 9.98. The van der Waals surface area contributed by atoms with Gasteiger partial charge in [-0.3, -0.25) is 4.79 Å². The van der Waals surface area contributed by atoms with Gasteiger partial charge in [-0.1, -0.05) is 12.1 Å². The predicted molar refractivity (Wildman–Crippen MR) is 75.2 cm³/mol. The summed E-state index contributed by atoms with van der Waals surface area (Å²) in [6.45, 7) is 1.83. The molecule has 0 aromatic heterocycles. The highest BCUT2D eigenvalue weighted by Crippen LogP contribution is 2.28. The quantitative estimate of drug-likeness (QED) is 0.926. The van der Waals surface area contributed by atoms with Crippen LogP contribution >= 0.6 is 0 Å². The Morgan fingerprint density at radius 1 is 1.24 bits per heavy atom. The largest absolute Gasteiger partial charge is 0.381 e. The number of carbonyl (C=O) groups excluding carboxylic acids is 1. The van der Waals surface area contributed by atoms with Gasteiger partial charge in [-0.05, 0) is 37.0 Å². The molecule has 1 aromatic carbocycles. The summed E-state index contributed by atoms with van der Waals surface area (Å²) in [5, 5.41) is 3.07. The Balaban J connectivity index is 1.75. The van der Waals surface area contributed by atoms with E-state index in [-0.39, 0.29) is 29.8 Å². The zero-order valence-electron chi connectivity index (χ0n) is 11.9. The van der Waals surface area contributed by atoms with E-state index in [2.05, 4.69) is 5.32 Å². The number of benzene rings is 1. The van der Waals surface area contributed by atoms with Crippen LogP contribution in [0.4, 0.5) is 4.39 Å². The van der Waals surface area contributed by atoms with Gasteiger partial charge in [0.25, 0.3) is 0 Å². The van der Waals surface area contributed by atoms with Crippen molar-refractivity contribution in [1.29, 1.82) is 0 Å². The maximum atomic E-state index is 13.1. The lowest BCUT2D eigenvalue weighted by Crippen LogP contribution is -2.39. The number of halogens is 1.